The summed E-state index contributed by atoms with van der Waals surface area (Å²) in [7, 11) is 0. The molecule has 0 amide bonds. The molecule has 0 saturated heterocycles. The molecule has 0 fully saturated rings. The van der Waals surface area contributed by atoms with Gasteiger partial charge in [-0.2, -0.15) is 0 Å². The molecule has 0 aliphatic rings. The number of benzene rings is 2. The zero-order valence-corrected chi connectivity index (χ0v) is 12.8. The molecular weight excluding hydrogens is 342 g/mol. The van der Waals surface area contributed by atoms with Crippen LogP contribution in [0.3, 0.4) is 0 Å². The SMILES string of the molecule is Fc1ccc(Cl)c(-n2c(=S)[nH]c3cc(Cl)c(Cl)cc32)c1. The summed E-state index contributed by atoms with van der Waals surface area (Å²) in [6.07, 6.45) is 0. The van der Waals surface area contributed by atoms with E-state index in [9.17, 15) is 4.39 Å². The van der Waals surface area contributed by atoms with Crippen molar-refractivity contribution >= 4 is 58.1 Å². The van der Waals surface area contributed by atoms with Gasteiger partial charge < -0.3 is 4.98 Å². The van der Waals surface area contributed by atoms with E-state index in [0.29, 0.717) is 36.6 Å². The predicted octanol–water partition coefficient (Wildman–Crippen LogP) is 5.79. The number of aromatic nitrogens is 2. The molecule has 0 bridgehead atoms. The highest BCUT2D eigenvalue weighted by atomic mass is 35.5. The highest BCUT2D eigenvalue weighted by Gasteiger charge is 2.12. The zero-order valence-electron chi connectivity index (χ0n) is 9.75. The van der Waals surface area contributed by atoms with E-state index in [-0.39, 0.29) is 0 Å². The van der Waals surface area contributed by atoms with Crippen LogP contribution >= 0.6 is 47.0 Å². The van der Waals surface area contributed by atoms with Crippen molar-refractivity contribution in [1.29, 1.82) is 0 Å². The van der Waals surface area contributed by atoms with E-state index < -0.39 is 5.82 Å². The molecule has 1 heterocycles. The van der Waals surface area contributed by atoms with Gasteiger partial charge >= 0.3 is 0 Å². The Morgan fingerprint density at radius 3 is 2.45 bits per heavy atom. The molecule has 1 N–H and O–H groups in total. The van der Waals surface area contributed by atoms with Crippen molar-refractivity contribution in [3.63, 3.8) is 0 Å². The first-order valence-electron chi connectivity index (χ1n) is 5.52. The van der Waals surface area contributed by atoms with Gasteiger partial charge in [-0.25, -0.2) is 4.39 Å². The quantitative estimate of drug-likeness (QED) is 0.553. The van der Waals surface area contributed by atoms with Crippen LogP contribution in [0.5, 0.6) is 0 Å². The molecule has 7 heteroatoms. The van der Waals surface area contributed by atoms with Crippen molar-refractivity contribution in [3.8, 4) is 5.69 Å². The largest absolute Gasteiger partial charge is 0.330 e. The Balaban J connectivity index is 2.42. The lowest BCUT2D eigenvalue weighted by Gasteiger charge is -2.07. The Morgan fingerprint density at radius 2 is 1.70 bits per heavy atom. The van der Waals surface area contributed by atoms with Crippen LogP contribution in [0.2, 0.25) is 15.1 Å². The van der Waals surface area contributed by atoms with E-state index in [1.165, 1.54) is 18.2 Å². The topological polar surface area (TPSA) is 20.7 Å². The minimum absolute atomic E-state index is 0.380. The highest BCUT2D eigenvalue weighted by Crippen LogP contribution is 2.31. The molecule has 102 valence electrons. The Kier molecular flexibility index (Phi) is 3.50. The number of H-pyrrole nitrogens is 1. The van der Waals surface area contributed by atoms with E-state index in [1.54, 1.807) is 16.7 Å². The lowest BCUT2D eigenvalue weighted by atomic mass is 10.2. The maximum atomic E-state index is 13.5. The second-order valence-corrected chi connectivity index (χ2v) is 5.75. The Morgan fingerprint density at radius 1 is 1.00 bits per heavy atom. The standard InChI is InChI=1S/C13H6Cl3FN2S/c14-7-2-1-6(17)3-11(7)19-12-5-9(16)8(15)4-10(12)18-13(19)20/h1-5H,(H,18,20). The monoisotopic (exact) mass is 346 g/mol. The molecule has 0 atom stereocenters. The molecule has 20 heavy (non-hydrogen) atoms. The first-order valence-corrected chi connectivity index (χ1v) is 7.07. The molecule has 0 aliphatic heterocycles. The zero-order chi connectivity index (χ0) is 14.4. The van der Waals surface area contributed by atoms with E-state index >= 15 is 0 Å². The summed E-state index contributed by atoms with van der Waals surface area (Å²) < 4.78 is 15.5. The van der Waals surface area contributed by atoms with Gasteiger partial charge in [-0.1, -0.05) is 34.8 Å². The highest BCUT2D eigenvalue weighted by molar-refractivity contribution is 7.71. The third-order valence-electron chi connectivity index (χ3n) is 2.87. The van der Waals surface area contributed by atoms with Crippen LogP contribution in [0.25, 0.3) is 16.7 Å². The fourth-order valence-electron chi connectivity index (χ4n) is 2.00. The molecule has 0 aliphatic carbocycles. The van der Waals surface area contributed by atoms with Crippen LogP contribution < -0.4 is 0 Å². The van der Waals surface area contributed by atoms with Crippen LogP contribution in [0.15, 0.2) is 30.3 Å². The molecular formula is C13H6Cl3FN2S. The smallest absolute Gasteiger partial charge is 0.182 e. The summed E-state index contributed by atoms with van der Waals surface area (Å²) in [4.78, 5) is 2.99. The van der Waals surface area contributed by atoms with Gasteiger partial charge in [0, 0.05) is 0 Å². The first-order chi connectivity index (χ1) is 9.47. The maximum Gasteiger partial charge on any atom is 0.182 e. The van der Waals surface area contributed by atoms with Crippen molar-refractivity contribution in [2.45, 2.75) is 0 Å². The average Bonchev–Trinajstić information content (AvgIpc) is 2.69. The fourth-order valence-corrected chi connectivity index (χ4v) is 2.83. The normalized spacial score (nSPS) is 11.2. The number of fused-ring (bicyclic) bond motifs is 1. The molecule has 0 saturated carbocycles. The molecule has 0 radical (unpaired) electrons. The summed E-state index contributed by atoms with van der Waals surface area (Å²) in [6, 6.07) is 7.40. The van der Waals surface area contributed by atoms with Crippen LogP contribution in [0.4, 0.5) is 4.39 Å². The van der Waals surface area contributed by atoms with Crippen molar-refractivity contribution in [3.05, 3.63) is 56.0 Å². The molecule has 1 aromatic heterocycles. The number of nitrogens with zero attached hydrogens (tertiary/aromatic N) is 1. The van der Waals surface area contributed by atoms with Crippen LogP contribution in [-0.4, -0.2) is 9.55 Å². The molecule has 0 unspecified atom stereocenters. The number of rotatable bonds is 1. The number of nitrogens with one attached hydrogen (secondary N) is 1. The minimum Gasteiger partial charge on any atom is -0.330 e. The van der Waals surface area contributed by atoms with E-state index in [1.807, 2.05) is 0 Å². The summed E-state index contributed by atoms with van der Waals surface area (Å²) in [5.74, 6) is -0.402. The van der Waals surface area contributed by atoms with Crippen molar-refractivity contribution in [2.24, 2.45) is 0 Å². The van der Waals surface area contributed by atoms with Gasteiger partial charge in [-0.15, -0.1) is 0 Å². The third-order valence-corrected chi connectivity index (χ3v) is 4.20. The fraction of sp³-hybridized carbons (Fsp3) is 0. The summed E-state index contributed by atoms with van der Waals surface area (Å²) in [6.45, 7) is 0. The average molecular weight is 348 g/mol. The second kappa shape index (κ2) is 5.04. The van der Waals surface area contributed by atoms with Crippen LogP contribution in [0, 0.1) is 10.6 Å². The van der Waals surface area contributed by atoms with Gasteiger partial charge in [0.2, 0.25) is 0 Å². The number of aromatic amines is 1. The predicted molar refractivity (Wildman–Crippen MR) is 83.4 cm³/mol. The Hall–Kier alpha value is -1.07. The maximum absolute atomic E-state index is 13.5. The summed E-state index contributed by atoms with van der Waals surface area (Å²) in [5, 5.41) is 1.18. The molecule has 2 aromatic carbocycles. The number of imidazole rings is 1. The number of hydrogen-bond donors (Lipinski definition) is 1. The van der Waals surface area contributed by atoms with E-state index in [0.717, 1.165) is 0 Å². The first kappa shape index (κ1) is 13.9. The minimum atomic E-state index is -0.402. The van der Waals surface area contributed by atoms with Gasteiger partial charge in [0.15, 0.2) is 4.77 Å². The molecule has 3 aromatic rings. The van der Waals surface area contributed by atoms with Gasteiger partial charge in [0.25, 0.3) is 0 Å². The second-order valence-electron chi connectivity index (χ2n) is 4.14. The van der Waals surface area contributed by atoms with E-state index in [2.05, 4.69) is 4.98 Å². The van der Waals surface area contributed by atoms with Crippen LogP contribution in [0.1, 0.15) is 0 Å². The third kappa shape index (κ3) is 2.23. The summed E-state index contributed by atoms with van der Waals surface area (Å²) in [5.41, 5.74) is 1.82. The number of halogens is 4. The Bertz CT molecular complexity index is 885. The van der Waals surface area contributed by atoms with Gasteiger partial charge in [-0.3, -0.25) is 4.57 Å². The van der Waals surface area contributed by atoms with Crippen molar-refractivity contribution < 1.29 is 4.39 Å². The van der Waals surface area contributed by atoms with Gasteiger partial charge in [0.05, 0.1) is 31.8 Å². The molecule has 0 spiro atoms. The van der Waals surface area contributed by atoms with Crippen LogP contribution in [-0.2, 0) is 0 Å². The molecule has 2 nitrogen and oxygen atoms in total. The van der Waals surface area contributed by atoms with Gasteiger partial charge in [0.1, 0.15) is 5.82 Å². The van der Waals surface area contributed by atoms with E-state index in [4.69, 9.17) is 47.0 Å². The lowest BCUT2D eigenvalue weighted by Crippen LogP contribution is -1.96. The molecule has 3 rings (SSSR count). The van der Waals surface area contributed by atoms with Crippen molar-refractivity contribution in [1.82, 2.24) is 9.55 Å². The summed E-state index contributed by atoms with van der Waals surface area (Å²) >= 11 is 23.4. The lowest BCUT2D eigenvalue weighted by molar-refractivity contribution is 0.626. The van der Waals surface area contributed by atoms with Gasteiger partial charge in [-0.05, 0) is 42.5 Å². The Labute approximate surface area is 133 Å². The van der Waals surface area contributed by atoms with Crippen molar-refractivity contribution in [2.75, 3.05) is 0 Å². The number of hydrogen-bond acceptors (Lipinski definition) is 1.